The zero-order valence-electron chi connectivity index (χ0n) is 14.0. The lowest BCUT2D eigenvalue weighted by Gasteiger charge is -2.09. The summed E-state index contributed by atoms with van der Waals surface area (Å²) in [7, 11) is 1.57. The van der Waals surface area contributed by atoms with Crippen LogP contribution in [0.15, 0.2) is 32.3 Å². The number of halogens is 2. The van der Waals surface area contributed by atoms with Crippen LogP contribution in [0.5, 0.6) is 5.75 Å². The van der Waals surface area contributed by atoms with E-state index in [1.165, 1.54) is 6.20 Å². The minimum atomic E-state index is -0.573. The monoisotopic (exact) mass is 487 g/mol. The number of carbonyl (C=O) groups is 2. The van der Waals surface area contributed by atoms with Crippen LogP contribution in [-0.2, 0) is 4.79 Å². The molecule has 0 aliphatic carbocycles. The first-order chi connectivity index (χ1) is 12.3. The number of urea groups is 1. The maximum absolute atomic E-state index is 12.4. The Morgan fingerprint density at radius 2 is 2.00 bits per heavy atom. The molecule has 3 amide bonds. The molecule has 1 unspecified atom stereocenters. The lowest BCUT2D eigenvalue weighted by Crippen LogP contribution is -2.29. The number of imide groups is 1. The van der Waals surface area contributed by atoms with E-state index in [-0.39, 0.29) is 11.9 Å². The first-order valence-electron chi connectivity index (χ1n) is 7.73. The number of nitrogens with zero attached hydrogens (tertiary/aromatic N) is 2. The molecule has 1 heterocycles. The van der Waals surface area contributed by atoms with E-state index >= 15 is 0 Å². The SMILES string of the molecule is COc1c(Br)cc(C=CN2C(=O)NC(CCCN=C(N)N)C2=O)cc1Br. The van der Waals surface area contributed by atoms with Gasteiger partial charge in [0.2, 0.25) is 0 Å². The van der Waals surface area contributed by atoms with E-state index in [1.807, 2.05) is 12.1 Å². The van der Waals surface area contributed by atoms with Crippen LogP contribution in [0, 0.1) is 0 Å². The van der Waals surface area contributed by atoms with Gasteiger partial charge in [0, 0.05) is 12.7 Å². The summed E-state index contributed by atoms with van der Waals surface area (Å²) in [4.78, 5) is 29.3. The molecule has 1 aromatic carbocycles. The first-order valence-corrected chi connectivity index (χ1v) is 9.32. The summed E-state index contributed by atoms with van der Waals surface area (Å²) in [6, 6.07) is 2.62. The fourth-order valence-electron chi connectivity index (χ4n) is 2.42. The van der Waals surface area contributed by atoms with E-state index in [1.54, 1.807) is 13.2 Å². The molecule has 0 aromatic heterocycles. The predicted octanol–water partition coefficient (Wildman–Crippen LogP) is 2.16. The van der Waals surface area contributed by atoms with Crippen LogP contribution >= 0.6 is 31.9 Å². The second-order valence-electron chi connectivity index (χ2n) is 5.49. The fraction of sp³-hybridized carbons (Fsp3) is 0.312. The molecule has 1 aliphatic rings. The van der Waals surface area contributed by atoms with Gasteiger partial charge in [0.1, 0.15) is 11.8 Å². The van der Waals surface area contributed by atoms with Gasteiger partial charge in [-0.3, -0.25) is 9.79 Å². The molecule has 1 aliphatic heterocycles. The Kier molecular flexibility index (Phi) is 7.04. The number of carbonyl (C=O) groups excluding carboxylic acids is 2. The van der Waals surface area contributed by atoms with Gasteiger partial charge in [-0.2, -0.15) is 0 Å². The molecule has 8 nitrogen and oxygen atoms in total. The Morgan fingerprint density at radius 1 is 1.35 bits per heavy atom. The Labute approximate surface area is 167 Å². The second kappa shape index (κ2) is 9.04. The van der Waals surface area contributed by atoms with Crippen LogP contribution in [0.3, 0.4) is 0 Å². The highest BCUT2D eigenvalue weighted by molar-refractivity contribution is 9.11. The molecule has 1 aromatic rings. The number of guanidine groups is 1. The number of aliphatic imine (C=N–C) groups is 1. The average molecular weight is 489 g/mol. The highest BCUT2D eigenvalue weighted by Gasteiger charge is 2.36. The Balaban J connectivity index is 2.03. The third-order valence-electron chi connectivity index (χ3n) is 3.64. The maximum Gasteiger partial charge on any atom is 0.328 e. The number of ether oxygens (including phenoxy) is 1. The van der Waals surface area contributed by atoms with E-state index in [9.17, 15) is 9.59 Å². The van der Waals surface area contributed by atoms with Crippen molar-refractivity contribution in [2.75, 3.05) is 13.7 Å². The number of hydrogen-bond acceptors (Lipinski definition) is 4. The smallest absolute Gasteiger partial charge is 0.328 e. The van der Waals surface area contributed by atoms with Crippen LogP contribution in [0.2, 0.25) is 0 Å². The predicted molar refractivity (Wildman–Crippen MR) is 107 cm³/mol. The van der Waals surface area contributed by atoms with Crippen LogP contribution in [-0.4, -0.2) is 42.5 Å². The van der Waals surface area contributed by atoms with Crippen molar-refractivity contribution in [1.82, 2.24) is 10.2 Å². The highest BCUT2D eigenvalue weighted by atomic mass is 79.9. The normalized spacial score (nSPS) is 16.9. The largest absolute Gasteiger partial charge is 0.494 e. The Hall–Kier alpha value is -2.07. The van der Waals surface area contributed by atoms with Gasteiger partial charge >= 0.3 is 6.03 Å². The van der Waals surface area contributed by atoms with Crippen molar-refractivity contribution in [1.29, 1.82) is 0 Å². The minimum Gasteiger partial charge on any atom is -0.494 e. The molecule has 0 bridgehead atoms. The molecule has 140 valence electrons. The number of nitrogens with one attached hydrogen (secondary N) is 1. The Morgan fingerprint density at radius 3 is 2.58 bits per heavy atom. The summed E-state index contributed by atoms with van der Waals surface area (Å²) in [5.41, 5.74) is 11.3. The van der Waals surface area contributed by atoms with Crippen molar-refractivity contribution in [2.45, 2.75) is 18.9 Å². The molecule has 1 saturated heterocycles. The molecule has 10 heteroatoms. The first kappa shape index (κ1) is 20.2. The standard InChI is InChI=1S/C16H19Br2N5O3/c1-26-13-10(17)7-9(8-11(13)18)4-6-23-14(24)12(22-16(23)25)3-2-5-21-15(19)20/h4,6-8,12H,2-3,5H2,1H3,(H,22,25)(H4,19,20,21). The van der Waals surface area contributed by atoms with Gasteiger partial charge < -0.3 is 21.5 Å². The molecular weight excluding hydrogens is 470 g/mol. The van der Waals surface area contributed by atoms with Crippen molar-refractivity contribution >= 4 is 55.8 Å². The van der Waals surface area contributed by atoms with E-state index < -0.39 is 12.1 Å². The highest BCUT2D eigenvalue weighted by Crippen LogP contribution is 2.34. The summed E-state index contributed by atoms with van der Waals surface area (Å²) in [5, 5.41) is 2.66. The number of methoxy groups -OCH3 is 1. The van der Waals surface area contributed by atoms with Crippen molar-refractivity contribution < 1.29 is 14.3 Å². The summed E-state index contributed by atoms with van der Waals surface area (Å²) in [6.07, 6.45) is 4.18. The molecule has 2 rings (SSSR count). The second-order valence-corrected chi connectivity index (χ2v) is 7.20. The zero-order valence-corrected chi connectivity index (χ0v) is 17.2. The minimum absolute atomic E-state index is 0.00755. The van der Waals surface area contributed by atoms with Crippen molar-refractivity contribution in [3.05, 3.63) is 32.8 Å². The molecule has 26 heavy (non-hydrogen) atoms. The lowest BCUT2D eigenvalue weighted by molar-refractivity contribution is -0.125. The van der Waals surface area contributed by atoms with Gasteiger partial charge in [0.25, 0.3) is 5.91 Å². The van der Waals surface area contributed by atoms with Crippen LogP contribution in [0.1, 0.15) is 18.4 Å². The summed E-state index contributed by atoms with van der Waals surface area (Å²) in [5.74, 6) is 0.369. The van der Waals surface area contributed by atoms with E-state index in [4.69, 9.17) is 16.2 Å². The molecule has 0 radical (unpaired) electrons. The van der Waals surface area contributed by atoms with E-state index in [2.05, 4.69) is 42.2 Å². The zero-order chi connectivity index (χ0) is 19.3. The molecule has 5 N–H and O–H groups in total. The van der Waals surface area contributed by atoms with Gasteiger partial charge in [-0.05, 0) is 68.5 Å². The van der Waals surface area contributed by atoms with Crippen LogP contribution < -0.4 is 21.5 Å². The molecular formula is C16H19Br2N5O3. The van der Waals surface area contributed by atoms with Gasteiger partial charge in [0.05, 0.1) is 16.1 Å². The van der Waals surface area contributed by atoms with Crippen molar-refractivity contribution in [3.8, 4) is 5.75 Å². The van der Waals surface area contributed by atoms with Crippen molar-refractivity contribution in [3.63, 3.8) is 0 Å². The molecule has 1 atom stereocenters. The van der Waals surface area contributed by atoms with Gasteiger partial charge in [-0.25, -0.2) is 9.69 Å². The number of amides is 3. The van der Waals surface area contributed by atoms with Gasteiger partial charge in [0.15, 0.2) is 5.96 Å². The Bertz CT molecular complexity index is 739. The van der Waals surface area contributed by atoms with E-state index in [0.717, 1.165) is 19.4 Å². The number of benzene rings is 1. The number of rotatable bonds is 7. The third kappa shape index (κ3) is 4.98. The summed E-state index contributed by atoms with van der Waals surface area (Å²) in [6.45, 7) is 0.408. The van der Waals surface area contributed by atoms with E-state index in [0.29, 0.717) is 25.1 Å². The third-order valence-corrected chi connectivity index (χ3v) is 4.82. The molecule has 0 spiro atoms. The van der Waals surface area contributed by atoms with Crippen LogP contribution in [0.25, 0.3) is 6.08 Å². The van der Waals surface area contributed by atoms with Crippen molar-refractivity contribution in [2.24, 2.45) is 16.5 Å². The quantitative estimate of drug-likeness (QED) is 0.235. The molecule has 0 saturated carbocycles. The van der Waals surface area contributed by atoms with Crippen LogP contribution in [0.4, 0.5) is 4.79 Å². The average Bonchev–Trinajstić information content (AvgIpc) is 2.83. The fourth-order valence-corrected chi connectivity index (χ4v) is 3.97. The van der Waals surface area contributed by atoms with Gasteiger partial charge in [-0.15, -0.1) is 0 Å². The summed E-state index contributed by atoms with van der Waals surface area (Å²) >= 11 is 6.83. The summed E-state index contributed by atoms with van der Waals surface area (Å²) < 4.78 is 6.75. The number of hydrogen-bond donors (Lipinski definition) is 3. The lowest BCUT2D eigenvalue weighted by atomic mass is 10.1. The topological polar surface area (TPSA) is 123 Å². The molecule has 1 fully saturated rings. The van der Waals surface area contributed by atoms with Gasteiger partial charge in [-0.1, -0.05) is 0 Å². The number of nitrogens with two attached hydrogens (primary N) is 2. The maximum atomic E-state index is 12.4.